The highest BCUT2D eigenvalue weighted by Crippen LogP contribution is 2.33. The molecule has 0 radical (unpaired) electrons. The van der Waals surface area contributed by atoms with Gasteiger partial charge in [0, 0.05) is 0 Å². The van der Waals surface area contributed by atoms with Crippen LogP contribution in [0.5, 0.6) is 11.5 Å². The van der Waals surface area contributed by atoms with Crippen molar-refractivity contribution < 1.29 is 56.0 Å². The van der Waals surface area contributed by atoms with Gasteiger partial charge in [0.2, 0.25) is 0 Å². The number of halogens is 6. The monoisotopic (exact) mass is 426 g/mol. The number of methoxy groups -OCH3 is 1. The van der Waals surface area contributed by atoms with Crippen molar-refractivity contribution in [3.8, 4) is 11.5 Å². The van der Waals surface area contributed by atoms with Gasteiger partial charge in [-0.15, -0.1) is 0 Å². The van der Waals surface area contributed by atoms with Crippen molar-refractivity contribution in [3.63, 3.8) is 0 Å². The molecule has 0 saturated heterocycles. The standard InChI is InChI=1S/C9H7F3O3.C8H5F3O3/c1-15-7-3-5(8(13)14)2-6(4-7)9(10,11)12;9-8(10,11)5-1-4(7(13)14)2-6(12)3-5/h2-4H,1H3,(H,13,14);1-3,12H,(H,13,14). The molecule has 3 N–H and O–H groups in total. The molecule has 0 saturated carbocycles. The summed E-state index contributed by atoms with van der Waals surface area (Å²) in [6.45, 7) is 0. The molecule has 2 rings (SSSR count). The second-order valence-corrected chi connectivity index (χ2v) is 5.32. The van der Waals surface area contributed by atoms with Crippen LogP contribution in [0, 0.1) is 0 Å². The Morgan fingerprint density at radius 2 is 1.17 bits per heavy atom. The first-order valence-electron chi connectivity index (χ1n) is 7.29. The van der Waals surface area contributed by atoms with Crippen LogP contribution in [0.25, 0.3) is 0 Å². The predicted octanol–water partition coefficient (Wildman–Crippen LogP) is 4.52. The summed E-state index contributed by atoms with van der Waals surface area (Å²) in [5.41, 5.74) is -3.28. The molecule has 2 aromatic carbocycles. The van der Waals surface area contributed by atoms with Gasteiger partial charge in [-0.3, -0.25) is 0 Å². The van der Waals surface area contributed by atoms with E-state index < -0.39 is 52.3 Å². The van der Waals surface area contributed by atoms with Crippen molar-refractivity contribution >= 4 is 11.9 Å². The Morgan fingerprint density at radius 3 is 1.55 bits per heavy atom. The fourth-order valence-corrected chi connectivity index (χ4v) is 1.90. The zero-order chi connectivity index (χ0) is 22.6. The Hall–Kier alpha value is -3.44. The van der Waals surface area contributed by atoms with Crippen molar-refractivity contribution in [2.24, 2.45) is 0 Å². The number of hydrogen-bond acceptors (Lipinski definition) is 4. The second kappa shape index (κ2) is 8.71. The average molecular weight is 426 g/mol. The minimum Gasteiger partial charge on any atom is -0.508 e. The van der Waals surface area contributed by atoms with Gasteiger partial charge < -0.3 is 20.1 Å². The topological polar surface area (TPSA) is 104 Å². The number of carboxylic acid groups (broad SMARTS) is 2. The summed E-state index contributed by atoms with van der Waals surface area (Å²) in [5, 5.41) is 25.8. The van der Waals surface area contributed by atoms with Crippen LogP contribution in [-0.2, 0) is 12.4 Å². The third-order valence-electron chi connectivity index (χ3n) is 3.21. The van der Waals surface area contributed by atoms with Crippen LogP contribution in [0.3, 0.4) is 0 Å². The summed E-state index contributed by atoms with van der Waals surface area (Å²) in [6.07, 6.45) is -9.25. The fraction of sp³-hybridized carbons (Fsp3) is 0.176. The highest BCUT2D eigenvalue weighted by Gasteiger charge is 2.32. The fourth-order valence-electron chi connectivity index (χ4n) is 1.90. The molecule has 12 heteroatoms. The van der Waals surface area contributed by atoms with Gasteiger partial charge in [-0.2, -0.15) is 26.3 Å². The Morgan fingerprint density at radius 1 is 0.759 bits per heavy atom. The maximum absolute atomic E-state index is 12.3. The van der Waals surface area contributed by atoms with E-state index in [0.717, 1.165) is 18.2 Å². The van der Waals surface area contributed by atoms with Gasteiger partial charge >= 0.3 is 24.3 Å². The smallest absolute Gasteiger partial charge is 0.416 e. The summed E-state index contributed by atoms with van der Waals surface area (Å²) in [7, 11) is 1.17. The second-order valence-electron chi connectivity index (χ2n) is 5.32. The number of carbonyl (C=O) groups is 2. The largest absolute Gasteiger partial charge is 0.508 e. The van der Waals surface area contributed by atoms with E-state index in [2.05, 4.69) is 4.74 Å². The van der Waals surface area contributed by atoms with Gasteiger partial charge in [0.15, 0.2) is 0 Å². The molecule has 0 amide bonds. The van der Waals surface area contributed by atoms with Crippen molar-refractivity contribution in [2.45, 2.75) is 12.4 Å². The number of ether oxygens (including phenoxy) is 1. The van der Waals surface area contributed by atoms with Gasteiger partial charge in [0.1, 0.15) is 11.5 Å². The molecule has 0 heterocycles. The van der Waals surface area contributed by atoms with E-state index in [1.807, 2.05) is 0 Å². The van der Waals surface area contributed by atoms with Crippen molar-refractivity contribution in [3.05, 3.63) is 58.7 Å². The molecule has 2 aromatic rings. The van der Waals surface area contributed by atoms with Crippen molar-refractivity contribution in [2.75, 3.05) is 7.11 Å². The number of phenols is 1. The van der Waals surface area contributed by atoms with E-state index >= 15 is 0 Å². The van der Waals surface area contributed by atoms with Gasteiger partial charge in [0.05, 0.1) is 29.4 Å². The number of phenolic OH excluding ortho intramolecular Hbond substituents is 1. The predicted molar refractivity (Wildman–Crippen MR) is 85.0 cm³/mol. The number of aromatic hydroxyl groups is 1. The van der Waals surface area contributed by atoms with E-state index in [1.54, 1.807) is 0 Å². The first-order chi connectivity index (χ1) is 13.1. The lowest BCUT2D eigenvalue weighted by Crippen LogP contribution is -2.08. The number of hydrogen-bond donors (Lipinski definition) is 3. The minimum atomic E-state index is -4.66. The third-order valence-corrected chi connectivity index (χ3v) is 3.21. The number of carboxylic acids is 2. The SMILES string of the molecule is COc1cc(C(=O)O)cc(C(F)(F)F)c1.O=C(O)c1cc(O)cc(C(F)(F)F)c1. The molecule has 0 spiro atoms. The maximum atomic E-state index is 12.3. The average Bonchev–Trinajstić information content (AvgIpc) is 2.59. The van der Waals surface area contributed by atoms with Gasteiger partial charge in [-0.05, 0) is 36.4 Å². The lowest BCUT2D eigenvalue weighted by Gasteiger charge is -2.09. The molecule has 6 nitrogen and oxygen atoms in total. The minimum absolute atomic E-state index is 0.137. The molecule has 0 atom stereocenters. The first kappa shape index (κ1) is 23.6. The zero-order valence-corrected chi connectivity index (χ0v) is 14.3. The lowest BCUT2D eigenvalue weighted by atomic mass is 10.1. The summed E-state index contributed by atoms with van der Waals surface area (Å²) < 4.78 is 77.8. The molecular weight excluding hydrogens is 414 g/mol. The van der Waals surface area contributed by atoms with Crippen LogP contribution in [0.4, 0.5) is 26.3 Å². The number of alkyl halides is 6. The van der Waals surface area contributed by atoms with E-state index in [-0.39, 0.29) is 5.75 Å². The molecular formula is C17H12F6O6. The summed E-state index contributed by atoms with van der Waals surface area (Å²) >= 11 is 0. The Balaban J connectivity index is 0.000000291. The normalized spacial score (nSPS) is 11.3. The van der Waals surface area contributed by atoms with Crippen LogP contribution in [0.1, 0.15) is 31.8 Å². The maximum Gasteiger partial charge on any atom is 0.416 e. The Labute approximate surface area is 158 Å². The van der Waals surface area contributed by atoms with Gasteiger partial charge in [0.25, 0.3) is 0 Å². The van der Waals surface area contributed by atoms with Crippen molar-refractivity contribution in [1.82, 2.24) is 0 Å². The van der Waals surface area contributed by atoms with E-state index in [1.165, 1.54) is 7.11 Å². The van der Waals surface area contributed by atoms with E-state index in [0.29, 0.717) is 18.2 Å². The molecule has 29 heavy (non-hydrogen) atoms. The van der Waals surface area contributed by atoms with Crippen LogP contribution >= 0.6 is 0 Å². The van der Waals surface area contributed by atoms with Gasteiger partial charge in [-0.25, -0.2) is 9.59 Å². The third kappa shape index (κ3) is 6.90. The highest BCUT2D eigenvalue weighted by atomic mass is 19.4. The summed E-state index contributed by atoms with van der Waals surface area (Å²) in [5.74, 6) is -3.81. The molecule has 158 valence electrons. The molecule has 0 aromatic heterocycles. The van der Waals surface area contributed by atoms with Crippen LogP contribution in [0.2, 0.25) is 0 Å². The number of benzene rings is 2. The summed E-state index contributed by atoms with van der Waals surface area (Å²) in [4.78, 5) is 20.9. The molecule has 0 bridgehead atoms. The highest BCUT2D eigenvalue weighted by molar-refractivity contribution is 5.88. The molecule has 0 aliphatic carbocycles. The first-order valence-corrected chi connectivity index (χ1v) is 7.29. The van der Waals surface area contributed by atoms with Crippen LogP contribution in [-0.4, -0.2) is 34.4 Å². The summed E-state index contributed by atoms with van der Waals surface area (Å²) in [6, 6.07) is 4.00. The van der Waals surface area contributed by atoms with Crippen LogP contribution < -0.4 is 4.74 Å². The molecule has 0 aliphatic heterocycles. The van der Waals surface area contributed by atoms with E-state index in [9.17, 15) is 35.9 Å². The van der Waals surface area contributed by atoms with Crippen LogP contribution in [0.15, 0.2) is 36.4 Å². The Bertz CT molecular complexity index is 904. The Kier molecular flexibility index (Phi) is 7.09. The molecule has 0 fully saturated rings. The molecule has 0 aliphatic rings. The number of rotatable bonds is 3. The quantitative estimate of drug-likeness (QED) is 0.624. The zero-order valence-electron chi connectivity index (χ0n) is 14.3. The lowest BCUT2D eigenvalue weighted by molar-refractivity contribution is -0.138. The van der Waals surface area contributed by atoms with Crippen molar-refractivity contribution in [1.29, 1.82) is 0 Å². The van der Waals surface area contributed by atoms with E-state index in [4.69, 9.17) is 15.3 Å². The molecule has 0 unspecified atom stereocenters. The van der Waals surface area contributed by atoms with Gasteiger partial charge in [-0.1, -0.05) is 0 Å². The number of aromatic carboxylic acids is 2.